The van der Waals surface area contributed by atoms with Crippen molar-refractivity contribution in [2.45, 2.75) is 13.0 Å². The third-order valence-corrected chi connectivity index (χ3v) is 4.49. The lowest BCUT2D eigenvalue weighted by Gasteiger charge is -2.20. The van der Waals surface area contributed by atoms with Gasteiger partial charge in [-0.1, -0.05) is 30.3 Å². The van der Waals surface area contributed by atoms with Crippen LogP contribution in [-0.4, -0.2) is 29.0 Å². The maximum Gasteiger partial charge on any atom is 0.320 e. The molecule has 0 radical (unpaired) electrons. The van der Waals surface area contributed by atoms with Gasteiger partial charge in [0.2, 0.25) is 0 Å². The molecule has 164 valence electrons. The predicted molar refractivity (Wildman–Crippen MR) is 119 cm³/mol. The molecule has 1 heterocycles. The van der Waals surface area contributed by atoms with Crippen LogP contribution in [0.1, 0.15) is 17.3 Å². The second-order valence-electron chi connectivity index (χ2n) is 6.76. The SMILES string of the molecule is COc1ccc([N+](=O)[O-])cc1NC(=O)NC(C(=O)Nc1ccc(C)nc1)c1ccccc1. The Morgan fingerprint density at radius 1 is 1.06 bits per heavy atom. The quantitative estimate of drug-likeness (QED) is 0.381. The maximum atomic E-state index is 13.0. The summed E-state index contributed by atoms with van der Waals surface area (Å²) in [5.41, 5.74) is 1.70. The number of pyridine rings is 1. The molecule has 0 bridgehead atoms. The fourth-order valence-corrected chi connectivity index (χ4v) is 2.90. The Morgan fingerprint density at radius 2 is 1.81 bits per heavy atom. The van der Waals surface area contributed by atoms with Crippen molar-refractivity contribution < 1.29 is 19.2 Å². The molecule has 1 atom stereocenters. The number of benzene rings is 2. The average molecular weight is 435 g/mol. The first kappa shape index (κ1) is 22.2. The molecule has 0 saturated heterocycles. The molecule has 3 aromatic rings. The van der Waals surface area contributed by atoms with E-state index in [1.54, 1.807) is 42.5 Å². The minimum absolute atomic E-state index is 0.0918. The van der Waals surface area contributed by atoms with Crippen LogP contribution in [0.25, 0.3) is 0 Å². The number of carbonyl (C=O) groups excluding carboxylic acids is 2. The topological polar surface area (TPSA) is 135 Å². The molecule has 0 aliphatic rings. The zero-order valence-electron chi connectivity index (χ0n) is 17.4. The number of hydrogen-bond donors (Lipinski definition) is 3. The van der Waals surface area contributed by atoms with Crippen molar-refractivity contribution in [3.05, 3.63) is 88.2 Å². The fraction of sp³-hybridized carbons (Fsp3) is 0.136. The molecule has 1 aromatic heterocycles. The van der Waals surface area contributed by atoms with Gasteiger partial charge in [-0.15, -0.1) is 0 Å². The lowest BCUT2D eigenvalue weighted by molar-refractivity contribution is -0.384. The summed E-state index contributed by atoms with van der Waals surface area (Å²) in [5.74, 6) is -0.250. The van der Waals surface area contributed by atoms with Gasteiger partial charge >= 0.3 is 6.03 Å². The number of aryl methyl sites for hydroxylation is 1. The molecular formula is C22H21N5O5. The van der Waals surface area contributed by atoms with Crippen molar-refractivity contribution in [2.75, 3.05) is 17.7 Å². The number of ether oxygens (including phenoxy) is 1. The maximum absolute atomic E-state index is 13.0. The van der Waals surface area contributed by atoms with Gasteiger partial charge in [0.25, 0.3) is 11.6 Å². The van der Waals surface area contributed by atoms with Crippen LogP contribution in [0, 0.1) is 17.0 Å². The van der Waals surface area contributed by atoms with Crippen LogP contribution in [-0.2, 0) is 4.79 Å². The molecule has 0 saturated carbocycles. The predicted octanol–water partition coefficient (Wildman–Crippen LogP) is 3.81. The Balaban J connectivity index is 1.81. The third kappa shape index (κ3) is 5.57. The number of aromatic nitrogens is 1. The van der Waals surface area contributed by atoms with E-state index in [1.807, 2.05) is 6.92 Å². The molecule has 10 heteroatoms. The van der Waals surface area contributed by atoms with Gasteiger partial charge in [0.15, 0.2) is 0 Å². The molecule has 0 aliphatic heterocycles. The van der Waals surface area contributed by atoms with Crippen molar-refractivity contribution in [2.24, 2.45) is 0 Å². The second kappa shape index (κ2) is 10.0. The molecule has 1 unspecified atom stereocenters. The highest BCUT2D eigenvalue weighted by Gasteiger charge is 2.24. The van der Waals surface area contributed by atoms with Gasteiger partial charge < -0.3 is 20.7 Å². The lowest BCUT2D eigenvalue weighted by Crippen LogP contribution is -2.39. The molecule has 32 heavy (non-hydrogen) atoms. The number of hydrogen-bond acceptors (Lipinski definition) is 6. The van der Waals surface area contributed by atoms with E-state index < -0.39 is 22.9 Å². The largest absolute Gasteiger partial charge is 0.495 e. The standard InChI is InChI=1S/C22H21N5O5/c1-14-8-9-16(13-23-14)24-21(28)20(15-6-4-3-5-7-15)26-22(29)25-18-12-17(27(30)31)10-11-19(18)32-2/h3-13,20H,1-2H3,(H,24,28)(H2,25,26,29). The minimum atomic E-state index is -1.04. The van der Waals surface area contributed by atoms with E-state index >= 15 is 0 Å². The number of amides is 3. The van der Waals surface area contributed by atoms with Crippen molar-refractivity contribution >= 4 is 29.0 Å². The van der Waals surface area contributed by atoms with Crippen molar-refractivity contribution in [1.82, 2.24) is 10.3 Å². The minimum Gasteiger partial charge on any atom is -0.495 e. The average Bonchev–Trinajstić information content (AvgIpc) is 2.79. The molecule has 0 spiro atoms. The highest BCUT2D eigenvalue weighted by atomic mass is 16.6. The zero-order valence-corrected chi connectivity index (χ0v) is 17.4. The Labute approximate surface area is 183 Å². The Morgan fingerprint density at radius 3 is 2.44 bits per heavy atom. The normalized spacial score (nSPS) is 11.2. The number of carbonyl (C=O) groups is 2. The number of nitrogens with one attached hydrogen (secondary N) is 3. The highest BCUT2D eigenvalue weighted by molar-refractivity contribution is 6.00. The fourth-order valence-electron chi connectivity index (χ4n) is 2.90. The summed E-state index contributed by atoms with van der Waals surface area (Å²) in [5, 5.41) is 18.9. The number of nitro benzene ring substituents is 1. The number of nitrogens with zero attached hydrogens (tertiary/aromatic N) is 2. The Kier molecular flexibility index (Phi) is 6.96. The third-order valence-electron chi connectivity index (χ3n) is 4.49. The van der Waals surface area contributed by atoms with Crippen LogP contribution < -0.4 is 20.7 Å². The van der Waals surface area contributed by atoms with Gasteiger partial charge in [-0.3, -0.25) is 19.9 Å². The van der Waals surface area contributed by atoms with E-state index in [4.69, 9.17) is 4.74 Å². The number of urea groups is 1. The number of rotatable bonds is 7. The summed E-state index contributed by atoms with van der Waals surface area (Å²) in [6.45, 7) is 1.83. The summed E-state index contributed by atoms with van der Waals surface area (Å²) < 4.78 is 5.16. The summed E-state index contributed by atoms with van der Waals surface area (Å²) in [7, 11) is 1.38. The molecule has 0 fully saturated rings. The van der Waals surface area contributed by atoms with E-state index in [0.29, 0.717) is 11.3 Å². The summed E-state index contributed by atoms with van der Waals surface area (Å²) in [6.07, 6.45) is 1.52. The molecule has 3 rings (SSSR count). The molecule has 0 aliphatic carbocycles. The van der Waals surface area contributed by atoms with E-state index in [0.717, 1.165) is 5.69 Å². The smallest absolute Gasteiger partial charge is 0.320 e. The number of anilines is 2. The van der Waals surface area contributed by atoms with Crippen LogP contribution in [0.2, 0.25) is 0 Å². The van der Waals surface area contributed by atoms with E-state index in [9.17, 15) is 19.7 Å². The van der Waals surface area contributed by atoms with Crippen molar-refractivity contribution in [1.29, 1.82) is 0 Å². The van der Waals surface area contributed by atoms with Crippen molar-refractivity contribution in [3.8, 4) is 5.75 Å². The number of nitro groups is 1. The first-order chi connectivity index (χ1) is 15.4. The van der Waals surface area contributed by atoms with Crippen LogP contribution in [0.5, 0.6) is 5.75 Å². The summed E-state index contributed by atoms with van der Waals surface area (Å²) in [4.78, 5) is 40.3. The molecular weight excluding hydrogens is 414 g/mol. The monoisotopic (exact) mass is 435 g/mol. The van der Waals surface area contributed by atoms with E-state index in [2.05, 4.69) is 20.9 Å². The van der Waals surface area contributed by atoms with E-state index in [-0.39, 0.29) is 17.1 Å². The van der Waals surface area contributed by atoms with Crippen LogP contribution in [0.3, 0.4) is 0 Å². The first-order valence-corrected chi connectivity index (χ1v) is 9.56. The molecule has 3 amide bonds. The first-order valence-electron chi connectivity index (χ1n) is 9.56. The molecule has 10 nitrogen and oxygen atoms in total. The van der Waals surface area contributed by atoms with Gasteiger partial charge in [-0.25, -0.2) is 4.79 Å². The van der Waals surface area contributed by atoms with Gasteiger partial charge in [0.05, 0.1) is 29.6 Å². The highest BCUT2D eigenvalue weighted by Crippen LogP contribution is 2.29. The molecule has 3 N–H and O–H groups in total. The lowest BCUT2D eigenvalue weighted by atomic mass is 10.1. The summed E-state index contributed by atoms with van der Waals surface area (Å²) >= 11 is 0. The number of methoxy groups -OCH3 is 1. The van der Waals surface area contributed by atoms with Gasteiger partial charge in [0.1, 0.15) is 11.8 Å². The van der Waals surface area contributed by atoms with Crippen molar-refractivity contribution in [3.63, 3.8) is 0 Å². The zero-order chi connectivity index (χ0) is 23.1. The van der Waals surface area contributed by atoms with Gasteiger partial charge in [0, 0.05) is 17.8 Å². The van der Waals surface area contributed by atoms with Gasteiger partial charge in [-0.05, 0) is 30.7 Å². The number of non-ortho nitro benzene ring substituents is 1. The Bertz CT molecular complexity index is 1120. The Hall–Kier alpha value is -4.47. The molecule has 2 aromatic carbocycles. The van der Waals surface area contributed by atoms with Gasteiger partial charge in [-0.2, -0.15) is 0 Å². The second-order valence-corrected chi connectivity index (χ2v) is 6.76. The van der Waals surface area contributed by atoms with Crippen LogP contribution >= 0.6 is 0 Å². The van der Waals surface area contributed by atoms with E-state index in [1.165, 1.54) is 31.5 Å². The van der Waals surface area contributed by atoms with Crippen LogP contribution in [0.15, 0.2) is 66.9 Å². The van der Waals surface area contributed by atoms with Crippen LogP contribution in [0.4, 0.5) is 21.9 Å². The summed E-state index contributed by atoms with van der Waals surface area (Å²) in [6, 6.07) is 14.2.